The molecule has 3 unspecified atom stereocenters. The molecule has 3 heterocycles. The molecule has 19 nitrogen and oxygen atoms in total. The lowest BCUT2D eigenvalue weighted by molar-refractivity contribution is -0.328. The number of hydrogen-bond acceptors (Lipinski definition) is 18. The molecular weight excluding hydrogens is 881 g/mol. The standard InChI is InChI=1S/C48H76O19/c1-43(2)14-16-48(42(61)67-40-35(57)31(53)29(51)24(64-40)20-62-39-34(56)30(52)28(50)23(19-49)63-39)17-15-46(6)21(22(48)18-43)8-9-26-45(5)12-11-27(44(3,4)25(45)10-13-47(26,46)7)65-41-36(58)32(54)33(55)37(66-41)38(59)60/h8,22-37,39-41,49-58H,9-20H2,1-7H3,(H,59,60)/t22?,23-,24-,25?,26?,27+,28-,29-,30+,31+,32+,33+,34-,35-,36-,37+,39-,40+,41-,45+,46-,47-,48+/m1/s1. The summed E-state index contributed by atoms with van der Waals surface area (Å²) >= 11 is 0. The van der Waals surface area contributed by atoms with Crippen LogP contribution in [0.3, 0.4) is 0 Å². The van der Waals surface area contributed by atoms with Crippen LogP contribution >= 0.6 is 0 Å². The van der Waals surface area contributed by atoms with Crippen molar-refractivity contribution in [2.45, 2.75) is 211 Å². The average molecular weight is 957 g/mol. The first kappa shape index (κ1) is 51.4. The van der Waals surface area contributed by atoms with Gasteiger partial charge in [-0.2, -0.15) is 0 Å². The van der Waals surface area contributed by atoms with Gasteiger partial charge >= 0.3 is 11.9 Å². The van der Waals surface area contributed by atoms with Crippen molar-refractivity contribution in [3.8, 4) is 0 Å². The van der Waals surface area contributed by atoms with Gasteiger partial charge in [0, 0.05) is 0 Å². The minimum atomic E-state index is -1.82. The minimum absolute atomic E-state index is 0.112. The third kappa shape index (κ3) is 8.15. The van der Waals surface area contributed by atoms with Crippen molar-refractivity contribution in [1.29, 1.82) is 0 Å². The minimum Gasteiger partial charge on any atom is -0.479 e. The Kier molecular flexibility index (Phi) is 13.8. The van der Waals surface area contributed by atoms with Crippen molar-refractivity contribution < 1.29 is 94.2 Å². The lowest BCUT2D eigenvalue weighted by Crippen LogP contribution is -2.66. The van der Waals surface area contributed by atoms with Crippen molar-refractivity contribution in [2.24, 2.45) is 50.2 Å². The summed E-state index contributed by atoms with van der Waals surface area (Å²) in [5.74, 6) is -1.83. The number of carboxylic acids is 1. The Morgan fingerprint density at radius 2 is 1.25 bits per heavy atom. The number of carbonyl (C=O) groups is 2. The molecule has 0 aromatic rings. The summed E-state index contributed by atoms with van der Waals surface area (Å²) in [7, 11) is 0. The highest BCUT2D eigenvalue weighted by Crippen LogP contribution is 2.76. The third-order valence-corrected chi connectivity index (χ3v) is 19.3. The predicted octanol–water partition coefficient (Wildman–Crippen LogP) is 0.233. The van der Waals surface area contributed by atoms with Gasteiger partial charge in [-0.1, -0.05) is 60.1 Å². The molecule has 11 N–H and O–H groups in total. The Morgan fingerprint density at radius 1 is 0.657 bits per heavy atom. The first-order chi connectivity index (χ1) is 31.2. The summed E-state index contributed by atoms with van der Waals surface area (Å²) < 4.78 is 35.1. The fraction of sp³-hybridized carbons (Fsp3) is 0.917. The zero-order chi connectivity index (χ0) is 49.1. The van der Waals surface area contributed by atoms with Crippen molar-refractivity contribution in [2.75, 3.05) is 13.2 Å². The van der Waals surface area contributed by atoms with E-state index in [0.29, 0.717) is 32.1 Å². The first-order valence-corrected chi connectivity index (χ1v) is 24.3. The highest BCUT2D eigenvalue weighted by Gasteiger charge is 2.70. The number of allylic oxidation sites excluding steroid dienone is 2. The Bertz CT molecular complexity index is 1880. The maximum absolute atomic E-state index is 15.0. The van der Waals surface area contributed by atoms with Crippen molar-refractivity contribution >= 4 is 11.9 Å². The zero-order valence-electron chi connectivity index (χ0n) is 39.7. The van der Waals surface area contributed by atoms with E-state index in [4.69, 9.17) is 28.4 Å². The molecule has 19 heteroatoms. The van der Waals surface area contributed by atoms with Gasteiger partial charge in [0.05, 0.1) is 24.7 Å². The van der Waals surface area contributed by atoms with Crippen LogP contribution in [-0.4, -0.2) is 180 Å². The van der Waals surface area contributed by atoms with Gasteiger partial charge in [-0.05, 0) is 109 Å². The molecule has 23 atom stereocenters. The highest BCUT2D eigenvalue weighted by molar-refractivity contribution is 5.79. The number of carbonyl (C=O) groups excluding carboxylic acids is 1. The molecule has 8 rings (SSSR count). The molecule has 3 saturated heterocycles. The molecule has 7 fully saturated rings. The second-order valence-corrected chi connectivity index (χ2v) is 23.5. The average Bonchev–Trinajstić information content (AvgIpc) is 3.26. The second kappa shape index (κ2) is 18.0. The number of esters is 1. The van der Waals surface area contributed by atoms with Crippen LogP contribution in [0, 0.1) is 50.2 Å². The number of ether oxygens (including phenoxy) is 6. The largest absolute Gasteiger partial charge is 0.479 e. The SMILES string of the molecule is CC1(C)CC[C@]2(C(=O)O[C@@H]3O[C@H](CO[C@@H]4O[C@H](CO)[C@@H](O)[C@H](O)[C@H]4O)[C@@H](O)[C@H](O)[C@H]3O)CC[C@]3(C)C(=CCC4[C@@]5(C)CC[C@H](O[C@@H]6O[C@H](C(=O)O)[C@@H](O)[C@H](O)[C@H]6O)C(C)(C)C5CC[C@]43C)C2C1. The second-order valence-electron chi connectivity index (χ2n) is 23.5. The van der Waals surface area contributed by atoms with Crippen LogP contribution < -0.4 is 0 Å². The molecular formula is C48H76O19. The van der Waals surface area contributed by atoms with Crippen molar-refractivity contribution in [3.05, 3.63) is 11.6 Å². The normalized spacial score (nSPS) is 52.6. The lowest BCUT2D eigenvalue weighted by atomic mass is 9.33. The van der Waals surface area contributed by atoms with Crippen LogP contribution in [0.1, 0.15) is 113 Å². The molecule has 382 valence electrons. The van der Waals surface area contributed by atoms with E-state index in [1.165, 1.54) is 5.57 Å². The molecule has 0 bridgehead atoms. The van der Waals surface area contributed by atoms with Crippen LogP contribution in [-0.2, 0) is 38.0 Å². The molecule has 8 aliphatic rings. The topological polar surface area (TPSA) is 312 Å². The van der Waals surface area contributed by atoms with Gasteiger partial charge < -0.3 is 84.6 Å². The van der Waals surface area contributed by atoms with E-state index in [1.807, 2.05) is 0 Å². The van der Waals surface area contributed by atoms with E-state index in [1.54, 1.807) is 0 Å². The van der Waals surface area contributed by atoms with Crippen LogP contribution in [0.25, 0.3) is 0 Å². The predicted molar refractivity (Wildman–Crippen MR) is 231 cm³/mol. The Balaban J connectivity index is 1.01. The molecule has 67 heavy (non-hydrogen) atoms. The summed E-state index contributed by atoms with van der Waals surface area (Å²) in [6.07, 6.45) is -15.7. The molecule has 0 amide bonds. The smallest absolute Gasteiger partial charge is 0.335 e. The van der Waals surface area contributed by atoms with Crippen LogP contribution in [0.4, 0.5) is 0 Å². The Labute approximate surface area is 391 Å². The third-order valence-electron chi connectivity index (χ3n) is 19.3. The summed E-state index contributed by atoms with van der Waals surface area (Å²) in [6.45, 7) is 14.6. The fourth-order valence-corrected chi connectivity index (χ4v) is 14.9. The molecule has 5 aliphatic carbocycles. The number of aliphatic carboxylic acids is 1. The van der Waals surface area contributed by atoms with Gasteiger partial charge in [0.25, 0.3) is 0 Å². The van der Waals surface area contributed by atoms with E-state index in [0.717, 1.165) is 32.1 Å². The van der Waals surface area contributed by atoms with Gasteiger partial charge in [0.1, 0.15) is 67.1 Å². The van der Waals surface area contributed by atoms with Crippen LogP contribution in [0.5, 0.6) is 0 Å². The number of rotatable bonds is 9. The Hall–Kier alpha value is -1.92. The number of aliphatic hydroxyl groups excluding tert-OH is 10. The summed E-state index contributed by atoms with van der Waals surface area (Å²) in [5.41, 5.74) is -0.956. The molecule has 4 saturated carbocycles. The van der Waals surface area contributed by atoms with E-state index in [2.05, 4.69) is 54.5 Å². The van der Waals surface area contributed by atoms with Gasteiger partial charge in [0.15, 0.2) is 18.7 Å². The van der Waals surface area contributed by atoms with Gasteiger partial charge in [-0.3, -0.25) is 4.79 Å². The molecule has 0 aromatic heterocycles. The fourth-order valence-electron chi connectivity index (χ4n) is 14.9. The summed E-state index contributed by atoms with van der Waals surface area (Å²) in [4.78, 5) is 26.8. The number of fused-ring (bicyclic) bond motifs is 7. The number of aliphatic hydroxyl groups is 10. The summed E-state index contributed by atoms with van der Waals surface area (Å²) in [5, 5.41) is 115. The first-order valence-electron chi connectivity index (χ1n) is 24.3. The molecule has 0 aromatic carbocycles. The quantitative estimate of drug-likeness (QED) is 0.0838. The maximum Gasteiger partial charge on any atom is 0.335 e. The molecule has 3 aliphatic heterocycles. The molecule has 0 radical (unpaired) electrons. The van der Waals surface area contributed by atoms with Gasteiger partial charge in [0.2, 0.25) is 6.29 Å². The van der Waals surface area contributed by atoms with E-state index < -0.39 is 134 Å². The summed E-state index contributed by atoms with van der Waals surface area (Å²) in [6, 6.07) is 0. The van der Waals surface area contributed by atoms with Crippen LogP contribution in [0.2, 0.25) is 0 Å². The van der Waals surface area contributed by atoms with E-state index >= 15 is 0 Å². The zero-order valence-corrected chi connectivity index (χ0v) is 39.7. The van der Waals surface area contributed by atoms with E-state index in [9.17, 15) is 65.8 Å². The Morgan fingerprint density at radius 3 is 1.91 bits per heavy atom. The van der Waals surface area contributed by atoms with E-state index in [-0.39, 0.29) is 39.4 Å². The monoisotopic (exact) mass is 956 g/mol. The van der Waals surface area contributed by atoms with Gasteiger partial charge in [-0.25, -0.2) is 4.79 Å². The van der Waals surface area contributed by atoms with Crippen molar-refractivity contribution in [1.82, 2.24) is 0 Å². The number of carboxylic acid groups (broad SMARTS) is 1. The van der Waals surface area contributed by atoms with Crippen LogP contribution in [0.15, 0.2) is 11.6 Å². The molecule has 0 spiro atoms. The number of hydrogen-bond donors (Lipinski definition) is 11. The highest BCUT2D eigenvalue weighted by atomic mass is 16.7. The van der Waals surface area contributed by atoms with Crippen molar-refractivity contribution in [3.63, 3.8) is 0 Å². The van der Waals surface area contributed by atoms with Gasteiger partial charge in [-0.15, -0.1) is 0 Å². The maximum atomic E-state index is 15.0. The lowest BCUT2D eigenvalue weighted by Gasteiger charge is -2.71.